The van der Waals surface area contributed by atoms with Crippen molar-refractivity contribution in [1.29, 1.82) is 0 Å². The molecule has 0 aliphatic carbocycles. The predicted molar refractivity (Wildman–Crippen MR) is 93.7 cm³/mol. The molecule has 0 bridgehead atoms. The van der Waals surface area contributed by atoms with Gasteiger partial charge in [0.1, 0.15) is 5.75 Å². The number of hydrogen-bond donors (Lipinski definition) is 2. The first-order valence-corrected chi connectivity index (χ1v) is 8.79. The van der Waals surface area contributed by atoms with Crippen LogP contribution >= 0.6 is 11.3 Å². The van der Waals surface area contributed by atoms with Crippen LogP contribution in [0.25, 0.3) is 10.4 Å². The number of hydrogen-bond acceptors (Lipinski definition) is 4. The van der Waals surface area contributed by atoms with Gasteiger partial charge < -0.3 is 15.4 Å². The predicted octanol–water partition coefficient (Wildman–Crippen LogP) is 3.04. The lowest BCUT2D eigenvalue weighted by Crippen LogP contribution is -2.37. The van der Waals surface area contributed by atoms with E-state index in [1.807, 2.05) is 12.1 Å². The van der Waals surface area contributed by atoms with Gasteiger partial charge in [-0.05, 0) is 67.9 Å². The van der Waals surface area contributed by atoms with Crippen molar-refractivity contribution < 1.29 is 9.53 Å². The van der Waals surface area contributed by atoms with E-state index in [0.29, 0.717) is 6.54 Å². The summed E-state index contributed by atoms with van der Waals surface area (Å²) in [4.78, 5) is 14.6. The molecular weight excluding hydrogens is 308 g/mol. The Morgan fingerprint density at radius 2 is 1.96 bits per heavy atom. The number of nitrogens with one attached hydrogen (secondary N) is 2. The number of amides is 1. The fraction of sp³-hybridized carbons (Fsp3) is 0.389. The Morgan fingerprint density at radius 1 is 1.22 bits per heavy atom. The van der Waals surface area contributed by atoms with Crippen molar-refractivity contribution in [3.8, 4) is 16.2 Å². The summed E-state index contributed by atoms with van der Waals surface area (Å²) in [5.41, 5.74) is 1.17. The number of benzene rings is 1. The highest BCUT2D eigenvalue weighted by molar-refractivity contribution is 7.15. The first-order chi connectivity index (χ1) is 11.3. The van der Waals surface area contributed by atoms with E-state index in [1.54, 1.807) is 18.4 Å². The lowest BCUT2D eigenvalue weighted by atomic mass is 9.97. The van der Waals surface area contributed by atoms with Crippen LogP contribution < -0.4 is 15.4 Å². The molecule has 1 amide bonds. The summed E-state index contributed by atoms with van der Waals surface area (Å²) < 4.78 is 5.18. The summed E-state index contributed by atoms with van der Waals surface area (Å²) in [6.45, 7) is 2.50. The van der Waals surface area contributed by atoms with Crippen LogP contribution in [0.4, 0.5) is 0 Å². The standard InChI is InChI=1S/C18H22N2O2S/c1-22-15-4-2-13(3-5-15)17-7-6-16(23-17)12-20-18(21)14-8-10-19-11-9-14/h2-7,14,19H,8-12H2,1H3,(H,20,21). The molecule has 1 aliphatic rings. The number of carbonyl (C=O) groups is 1. The van der Waals surface area contributed by atoms with Gasteiger partial charge in [0.2, 0.25) is 5.91 Å². The Hall–Kier alpha value is -1.85. The molecule has 122 valence electrons. The van der Waals surface area contributed by atoms with E-state index in [9.17, 15) is 4.79 Å². The van der Waals surface area contributed by atoms with Gasteiger partial charge in [-0.15, -0.1) is 11.3 Å². The first kappa shape index (κ1) is 16.0. The van der Waals surface area contributed by atoms with Gasteiger partial charge >= 0.3 is 0 Å². The van der Waals surface area contributed by atoms with Gasteiger partial charge in [-0.2, -0.15) is 0 Å². The Bertz CT molecular complexity index is 645. The minimum Gasteiger partial charge on any atom is -0.497 e. The van der Waals surface area contributed by atoms with E-state index in [0.717, 1.165) is 31.7 Å². The molecule has 0 atom stereocenters. The smallest absolute Gasteiger partial charge is 0.223 e. The second kappa shape index (κ2) is 7.62. The molecule has 0 spiro atoms. The number of thiophene rings is 1. The third-order valence-electron chi connectivity index (χ3n) is 4.18. The molecule has 1 aliphatic heterocycles. The maximum absolute atomic E-state index is 12.2. The lowest BCUT2D eigenvalue weighted by Gasteiger charge is -2.21. The average Bonchev–Trinajstić information content (AvgIpc) is 3.09. The molecule has 4 nitrogen and oxygen atoms in total. The van der Waals surface area contributed by atoms with E-state index in [2.05, 4.69) is 34.9 Å². The van der Waals surface area contributed by atoms with Gasteiger partial charge in [0, 0.05) is 15.7 Å². The van der Waals surface area contributed by atoms with Crippen LogP contribution in [0.15, 0.2) is 36.4 Å². The monoisotopic (exact) mass is 330 g/mol. The number of carbonyl (C=O) groups excluding carboxylic acids is 1. The second-order valence-corrected chi connectivity index (χ2v) is 6.90. The van der Waals surface area contributed by atoms with Gasteiger partial charge in [-0.3, -0.25) is 4.79 Å². The number of ether oxygens (including phenoxy) is 1. The Balaban J connectivity index is 1.57. The van der Waals surface area contributed by atoms with E-state index in [1.165, 1.54) is 15.3 Å². The Morgan fingerprint density at radius 3 is 2.65 bits per heavy atom. The number of methoxy groups -OCH3 is 1. The van der Waals surface area contributed by atoms with Crippen molar-refractivity contribution in [2.45, 2.75) is 19.4 Å². The van der Waals surface area contributed by atoms with E-state index >= 15 is 0 Å². The first-order valence-electron chi connectivity index (χ1n) is 7.98. The zero-order valence-electron chi connectivity index (χ0n) is 13.3. The average molecular weight is 330 g/mol. The zero-order valence-corrected chi connectivity index (χ0v) is 14.1. The molecule has 1 fully saturated rings. The lowest BCUT2D eigenvalue weighted by molar-refractivity contribution is -0.125. The summed E-state index contributed by atoms with van der Waals surface area (Å²) >= 11 is 1.72. The van der Waals surface area contributed by atoms with Crippen molar-refractivity contribution in [3.05, 3.63) is 41.3 Å². The van der Waals surface area contributed by atoms with Gasteiger partial charge in [0.05, 0.1) is 13.7 Å². The highest BCUT2D eigenvalue weighted by Gasteiger charge is 2.20. The molecule has 0 unspecified atom stereocenters. The van der Waals surface area contributed by atoms with Gasteiger partial charge in [0.25, 0.3) is 0 Å². The minimum atomic E-state index is 0.164. The van der Waals surface area contributed by atoms with Gasteiger partial charge in [0.15, 0.2) is 0 Å². The molecule has 1 aromatic carbocycles. The summed E-state index contributed by atoms with van der Waals surface area (Å²) in [6, 6.07) is 12.2. The van der Waals surface area contributed by atoms with Crippen LogP contribution in [0.1, 0.15) is 17.7 Å². The molecule has 5 heteroatoms. The Labute approximate surface area is 140 Å². The van der Waals surface area contributed by atoms with Crippen LogP contribution in [0.5, 0.6) is 5.75 Å². The highest BCUT2D eigenvalue weighted by Crippen LogP contribution is 2.29. The fourth-order valence-electron chi connectivity index (χ4n) is 2.79. The minimum absolute atomic E-state index is 0.164. The third-order valence-corrected chi connectivity index (χ3v) is 5.32. The molecule has 3 rings (SSSR count). The van der Waals surface area contributed by atoms with Gasteiger partial charge in [-0.1, -0.05) is 0 Å². The quantitative estimate of drug-likeness (QED) is 0.886. The fourth-order valence-corrected chi connectivity index (χ4v) is 3.74. The summed E-state index contributed by atoms with van der Waals surface area (Å²) in [7, 11) is 1.67. The summed E-state index contributed by atoms with van der Waals surface area (Å²) in [5.74, 6) is 1.21. The van der Waals surface area contributed by atoms with Crippen molar-refractivity contribution in [3.63, 3.8) is 0 Å². The van der Waals surface area contributed by atoms with Crippen LogP contribution in [0, 0.1) is 5.92 Å². The van der Waals surface area contributed by atoms with E-state index in [4.69, 9.17) is 4.74 Å². The Kier molecular flexibility index (Phi) is 5.31. The van der Waals surface area contributed by atoms with Gasteiger partial charge in [-0.25, -0.2) is 0 Å². The third kappa shape index (κ3) is 4.12. The SMILES string of the molecule is COc1ccc(-c2ccc(CNC(=O)C3CCNCC3)s2)cc1. The van der Waals surface area contributed by atoms with Crippen molar-refractivity contribution >= 4 is 17.2 Å². The van der Waals surface area contributed by atoms with Crippen molar-refractivity contribution in [2.75, 3.05) is 20.2 Å². The van der Waals surface area contributed by atoms with E-state index < -0.39 is 0 Å². The molecule has 2 heterocycles. The van der Waals surface area contributed by atoms with Crippen LogP contribution in [-0.2, 0) is 11.3 Å². The molecule has 0 radical (unpaired) electrons. The van der Waals surface area contributed by atoms with Crippen molar-refractivity contribution in [2.24, 2.45) is 5.92 Å². The molecule has 0 saturated carbocycles. The summed E-state index contributed by atoms with van der Waals surface area (Å²) in [5, 5.41) is 6.36. The van der Waals surface area contributed by atoms with E-state index in [-0.39, 0.29) is 11.8 Å². The molecule has 2 aromatic rings. The van der Waals surface area contributed by atoms with Crippen LogP contribution in [0.2, 0.25) is 0 Å². The molecular formula is C18H22N2O2S. The van der Waals surface area contributed by atoms with Crippen LogP contribution in [0.3, 0.4) is 0 Å². The number of piperidine rings is 1. The number of rotatable bonds is 5. The molecule has 2 N–H and O–H groups in total. The topological polar surface area (TPSA) is 50.4 Å². The van der Waals surface area contributed by atoms with Crippen LogP contribution in [-0.4, -0.2) is 26.1 Å². The largest absolute Gasteiger partial charge is 0.497 e. The molecule has 1 aromatic heterocycles. The van der Waals surface area contributed by atoms with Crippen molar-refractivity contribution in [1.82, 2.24) is 10.6 Å². The maximum atomic E-state index is 12.2. The molecule has 1 saturated heterocycles. The second-order valence-electron chi connectivity index (χ2n) is 5.74. The summed E-state index contributed by atoms with van der Waals surface area (Å²) in [6.07, 6.45) is 1.88. The normalized spacial score (nSPS) is 15.3. The zero-order chi connectivity index (χ0) is 16.1. The highest BCUT2D eigenvalue weighted by atomic mass is 32.1. The maximum Gasteiger partial charge on any atom is 0.223 e. The molecule has 23 heavy (non-hydrogen) atoms.